The van der Waals surface area contributed by atoms with E-state index in [2.05, 4.69) is 4.98 Å². The summed E-state index contributed by atoms with van der Waals surface area (Å²) in [5, 5.41) is 0. The first-order chi connectivity index (χ1) is 15.4. The Labute approximate surface area is 187 Å². The summed E-state index contributed by atoms with van der Waals surface area (Å²) in [6.07, 6.45) is 8.29. The van der Waals surface area contributed by atoms with E-state index in [1.54, 1.807) is 67.0 Å². The number of sulfonamides is 1. The molecule has 32 heavy (non-hydrogen) atoms. The van der Waals surface area contributed by atoms with E-state index in [0.717, 1.165) is 5.57 Å². The third kappa shape index (κ3) is 4.57. The highest BCUT2D eigenvalue weighted by atomic mass is 32.2. The first-order valence-corrected chi connectivity index (χ1v) is 11.9. The average molecular weight is 451 g/mol. The van der Waals surface area contributed by atoms with Crippen LogP contribution in [0.4, 0.5) is 5.69 Å². The number of pyridine rings is 1. The van der Waals surface area contributed by atoms with Crippen molar-refractivity contribution >= 4 is 15.7 Å². The molecule has 2 aromatic carbocycles. The molecule has 0 amide bonds. The molecule has 0 saturated heterocycles. The zero-order valence-corrected chi connectivity index (χ0v) is 18.4. The molecule has 0 bridgehead atoms. The molecular weight excluding hydrogens is 426 g/mol. The molecule has 1 aromatic heterocycles. The van der Waals surface area contributed by atoms with E-state index in [9.17, 15) is 8.42 Å². The van der Waals surface area contributed by atoms with E-state index < -0.39 is 10.0 Å². The summed E-state index contributed by atoms with van der Waals surface area (Å²) >= 11 is 0. The Morgan fingerprint density at radius 2 is 1.56 bits per heavy atom. The topological polar surface area (TPSA) is 91.5 Å². The molecule has 0 spiro atoms. The summed E-state index contributed by atoms with van der Waals surface area (Å²) in [5.74, 6) is 2.38. The maximum atomic E-state index is 12.7. The van der Waals surface area contributed by atoms with Crippen molar-refractivity contribution in [2.75, 3.05) is 19.3 Å². The van der Waals surface area contributed by atoms with Gasteiger partial charge in [-0.2, -0.15) is 12.3 Å². The first-order valence-electron chi connectivity index (χ1n) is 10.0. The van der Waals surface area contributed by atoms with Gasteiger partial charge in [-0.25, -0.2) is 4.98 Å². The molecule has 0 fully saturated rings. The van der Waals surface area contributed by atoms with Crippen molar-refractivity contribution in [1.29, 1.82) is 0 Å². The fourth-order valence-corrected chi connectivity index (χ4v) is 4.64. The molecule has 1 atom stereocenters. The summed E-state index contributed by atoms with van der Waals surface area (Å²) in [7, 11) is -3.49. The second-order valence-electron chi connectivity index (χ2n) is 7.36. The molecular formula is C24H24N3O4S+. The molecule has 0 saturated carbocycles. The molecule has 1 unspecified atom stereocenters. The lowest BCUT2D eigenvalue weighted by Gasteiger charge is -2.33. The molecule has 1 aliphatic rings. The maximum Gasteiger partial charge on any atom is 0.303 e. The van der Waals surface area contributed by atoms with Crippen molar-refractivity contribution in [3.8, 4) is 23.1 Å². The number of nitrogens with zero attached hydrogens (tertiary/aromatic N) is 2. The van der Waals surface area contributed by atoms with Gasteiger partial charge in [-0.05, 0) is 48.5 Å². The smallest absolute Gasteiger partial charge is 0.303 e. The van der Waals surface area contributed by atoms with Gasteiger partial charge in [-0.1, -0.05) is 12.1 Å². The van der Waals surface area contributed by atoms with E-state index in [1.165, 1.54) is 6.26 Å². The Morgan fingerprint density at radius 1 is 0.938 bits per heavy atom. The number of hydrogen-bond donors (Lipinski definition) is 1. The zero-order valence-electron chi connectivity index (χ0n) is 17.6. The van der Waals surface area contributed by atoms with Crippen LogP contribution < -0.4 is 19.1 Å². The van der Waals surface area contributed by atoms with Crippen molar-refractivity contribution in [2.24, 2.45) is 5.73 Å². The van der Waals surface area contributed by atoms with E-state index in [0.29, 0.717) is 35.4 Å². The van der Waals surface area contributed by atoms with Gasteiger partial charge in [0.25, 0.3) is 0 Å². The molecule has 164 valence electrons. The molecule has 1 aliphatic heterocycles. The van der Waals surface area contributed by atoms with E-state index in [1.807, 2.05) is 24.3 Å². The minimum absolute atomic E-state index is 0.271. The third-order valence-electron chi connectivity index (χ3n) is 5.10. The fraction of sp³-hybridized carbons (Fsp3) is 0.125. The van der Waals surface area contributed by atoms with Crippen LogP contribution in [0.15, 0.2) is 96.9 Å². The van der Waals surface area contributed by atoms with Gasteiger partial charge in [0.05, 0.1) is 6.26 Å². The second-order valence-corrected chi connectivity index (χ2v) is 9.48. The van der Waals surface area contributed by atoms with Crippen LogP contribution in [0.25, 0.3) is 0 Å². The molecule has 2 heterocycles. The van der Waals surface area contributed by atoms with Gasteiger partial charge in [0.2, 0.25) is 5.88 Å². The third-order valence-corrected chi connectivity index (χ3v) is 6.75. The number of ether oxygens (including phenoxy) is 2. The Bertz CT molecular complexity index is 1240. The minimum Gasteiger partial charge on any atom is -0.457 e. The quantitative estimate of drug-likeness (QED) is 0.538. The van der Waals surface area contributed by atoms with Crippen LogP contribution in [-0.2, 0) is 10.0 Å². The highest BCUT2D eigenvalue weighted by Gasteiger charge is 2.40. The Hall–Kier alpha value is -3.46. The van der Waals surface area contributed by atoms with Gasteiger partial charge in [-0.3, -0.25) is 0 Å². The standard InChI is InChI=1S/C24H24N3O4S/c1-32(28,29)27(16-4-5-19(17-25)18-27)20-7-9-21(10-8-20)30-22-11-13-23(14-12-22)31-24-6-2-3-15-26-24/h2-15,18H,16-17,25H2,1H3/q+1. The number of hydrogen-bond acceptors (Lipinski definition) is 6. The molecule has 0 radical (unpaired) electrons. The van der Waals surface area contributed by atoms with Crippen LogP contribution >= 0.6 is 0 Å². The first kappa shape index (κ1) is 21.8. The lowest BCUT2D eigenvalue weighted by molar-refractivity contribution is 0.456. The number of benzene rings is 2. The van der Waals surface area contributed by atoms with Crippen LogP contribution in [0.3, 0.4) is 0 Å². The summed E-state index contributed by atoms with van der Waals surface area (Å²) in [6, 6.07) is 19.7. The second kappa shape index (κ2) is 8.96. The maximum absolute atomic E-state index is 12.7. The Morgan fingerprint density at radius 3 is 2.12 bits per heavy atom. The molecule has 4 rings (SSSR count). The van der Waals surface area contributed by atoms with Crippen molar-refractivity contribution in [1.82, 2.24) is 8.87 Å². The number of aromatic nitrogens is 1. The molecule has 0 aliphatic carbocycles. The predicted octanol–water partition coefficient (Wildman–Crippen LogP) is 4.35. The lowest BCUT2D eigenvalue weighted by Crippen LogP contribution is -2.50. The van der Waals surface area contributed by atoms with Gasteiger partial charge < -0.3 is 15.2 Å². The number of rotatable bonds is 7. The van der Waals surface area contributed by atoms with Crippen LogP contribution in [-0.4, -0.2) is 32.7 Å². The highest BCUT2D eigenvalue weighted by Crippen LogP contribution is 2.34. The van der Waals surface area contributed by atoms with Crippen LogP contribution in [0, 0.1) is 0 Å². The van der Waals surface area contributed by atoms with Crippen molar-refractivity contribution < 1.29 is 17.9 Å². The van der Waals surface area contributed by atoms with Crippen LogP contribution in [0.2, 0.25) is 0 Å². The monoisotopic (exact) mass is 450 g/mol. The minimum atomic E-state index is -3.49. The van der Waals surface area contributed by atoms with E-state index in [4.69, 9.17) is 15.2 Å². The normalized spacial score (nSPS) is 18.1. The summed E-state index contributed by atoms with van der Waals surface area (Å²) in [6.45, 7) is 0.577. The van der Waals surface area contributed by atoms with Crippen LogP contribution in [0.1, 0.15) is 0 Å². The molecule has 7 nitrogen and oxygen atoms in total. The fourth-order valence-electron chi connectivity index (χ4n) is 3.45. The van der Waals surface area contributed by atoms with Gasteiger partial charge in [-0.15, -0.1) is 0 Å². The highest BCUT2D eigenvalue weighted by molar-refractivity contribution is 7.90. The van der Waals surface area contributed by atoms with E-state index >= 15 is 0 Å². The predicted molar refractivity (Wildman–Crippen MR) is 125 cm³/mol. The number of quaternary nitrogens is 1. The summed E-state index contributed by atoms with van der Waals surface area (Å²) in [5.41, 5.74) is 7.15. The lowest BCUT2D eigenvalue weighted by atomic mass is 10.2. The van der Waals surface area contributed by atoms with Crippen molar-refractivity contribution in [2.45, 2.75) is 0 Å². The van der Waals surface area contributed by atoms with Gasteiger partial charge in [0.1, 0.15) is 30.0 Å². The zero-order chi connectivity index (χ0) is 22.6. The van der Waals surface area contributed by atoms with Gasteiger partial charge >= 0.3 is 10.0 Å². The van der Waals surface area contributed by atoms with Gasteiger partial charge in [0, 0.05) is 36.5 Å². The summed E-state index contributed by atoms with van der Waals surface area (Å²) in [4.78, 5) is 4.13. The summed E-state index contributed by atoms with van der Waals surface area (Å²) < 4.78 is 36.7. The average Bonchev–Trinajstić information content (AvgIpc) is 2.81. The largest absolute Gasteiger partial charge is 0.457 e. The Balaban J connectivity index is 1.51. The van der Waals surface area contributed by atoms with Crippen molar-refractivity contribution in [3.63, 3.8) is 0 Å². The van der Waals surface area contributed by atoms with Gasteiger partial charge in [0.15, 0.2) is 5.69 Å². The molecule has 3 aromatic rings. The van der Waals surface area contributed by atoms with Crippen molar-refractivity contribution in [3.05, 3.63) is 96.9 Å². The SMILES string of the molecule is CS(=O)(=O)[N+]1(c2ccc(Oc3ccc(Oc4ccccn4)cc3)cc2)C=C(CN)C=CC1. The Kier molecular flexibility index (Phi) is 6.09. The number of nitrogens with two attached hydrogens (primary N) is 1. The molecule has 2 N–H and O–H groups in total. The molecule has 8 heteroatoms. The van der Waals surface area contributed by atoms with E-state index in [-0.39, 0.29) is 10.4 Å². The van der Waals surface area contributed by atoms with Crippen LogP contribution in [0.5, 0.6) is 23.1 Å².